The summed E-state index contributed by atoms with van der Waals surface area (Å²) < 4.78 is 5.29. The first kappa shape index (κ1) is 16.2. The van der Waals surface area contributed by atoms with Crippen molar-refractivity contribution in [2.24, 2.45) is 5.92 Å². The molecular formula is C16H33N3O. The van der Waals surface area contributed by atoms with Crippen LogP contribution in [0.3, 0.4) is 0 Å². The summed E-state index contributed by atoms with van der Waals surface area (Å²) in [5.41, 5.74) is 0. The molecule has 0 aromatic heterocycles. The number of ether oxygens (including phenoxy) is 1. The lowest BCUT2D eigenvalue weighted by Crippen LogP contribution is -2.57. The molecule has 0 atom stereocenters. The number of piperazine rings is 1. The van der Waals surface area contributed by atoms with Crippen LogP contribution in [0, 0.1) is 5.92 Å². The fraction of sp³-hybridized carbons (Fsp3) is 1.00. The number of hydrogen-bond donors (Lipinski definition) is 0. The molecule has 0 radical (unpaired) electrons. The molecule has 3 rings (SSSR count). The van der Waals surface area contributed by atoms with Crippen LogP contribution in [0.1, 0.15) is 26.7 Å². The smallest absolute Gasteiger partial charge is 0.0645 e. The van der Waals surface area contributed by atoms with Gasteiger partial charge in [-0.1, -0.05) is 13.8 Å². The second kappa shape index (κ2) is 8.32. The maximum absolute atomic E-state index is 5.29. The first-order valence-electron chi connectivity index (χ1n) is 8.54. The minimum atomic E-state index is 0.732. The van der Waals surface area contributed by atoms with Gasteiger partial charge in [0.15, 0.2) is 0 Å². The molecule has 118 valence electrons. The Morgan fingerprint density at radius 1 is 0.900 bits per heavy atom. The second-order valence-electron chi connectivity index (χ2n) is 6.27. The SMILES string of the molecule is CC.CN1CCC(CN2CCN(C3COC3)CC2)CC1. The molecule has 0 aromatic carbocycles. The van der Waals surface area contributed by atoms with Crippen LogP contribution in [-0.4, -0.2) is 86.8 Å². The van der Waals surface area contributed by atoms with Gasteiger partial charge in [-0.05, 0) is 38.9 Å². The normalized spacial score (nSPS) is 27.8. The summed E-state index contributed by atoms with van der Waals surface area (Å²) in [5.74, 6) is 0.944. The van der Waals surface area contributed by atoms with E-state index >= 15 is 0 Å². The fourth-order valence-corrected chi connectivity index (χ4v) is 3.35. The number of nitrogens with zero attached hydrogens (tertiary/aromatic N) is 3. The predicted octanol–water partition coefficient (Wildman–Crippen LogP) is 1.37. The zero-order valence-corrected chi connectivity index (χ0v) is 13.7. The van der Waals surface area contributed by atoms with Gasteiger partial charge in [-0.2, -0.15) is 0 Å². The fourth-order valence-electron chi connectivity index (χ4n) is 3.35. The maximum atomic E-state index is 5.29. The second-order valence-corrected chi connectivity index (χ2v) is 6.27. The Hall–Kier alpha value is -0.160. The van der Waals surface area contributed by atoms with Crippen molar-refractivity contribution >= 4 is 0 Å². The third-order valence-corrected chi connectivity index (χ3v) is 4.90. The van der Waals surface area contributed by atoms with Gasteiger partial charge in [0, 0.05) is 32.7 Å². The van der Waals surface area contributed by atoms with Crippen LogP contribution < -0.4 is 0 Å². The van der Waals surface area contributed by atoms with E-state index in [2.05, 4.69) is 21.7 Å². The van der Waals surface area contributed by atoms with Gasteiger partial charge in [-0.25, -0.2) is 0 Å². The van der Waals surface area contributed by atoms with Crippen LogP contribution in [0.25, 0.3) is 0 Å². The first-order valence-corrected chi connectivity index (χ1v) is 8.54. The monoisotopic (exact) mass is 283 g/mol. The number of rotatable bonds is 3. The van der Waals surface area contributed by atoms with Crippen LogP contribution in [0.4, 0.5) is 0 Å². The topological polar surface area (TPSA) is 19.0 Å². The summed E-state index contributed by atoms with van der Waals surface area (Å²) in [4.78, 5) is 7.77. The predicted molar refractivity (Wildman–Crippen MR) is 84.2 cm³/mol. The molecule has 3 aliphatic heterocycles. The number of piperidine rings is 1. The summed E-state index contributed by atoms with van der Waals surface area (Å²) in [7, 11) is 2.25. The lowest BCUT2D eigenvalue weighted by Gasteiger charge is -2.43. The Kier molecular flexibility index (Phi) is 6.75. The molecule has 3 aliphatic rings. The molecular weight excluding hydrogens is 250 g/mol. The van der Waals surface area contributed by atoms with Crippen LogP contribution >= 0.6 is 0 Å². The third-order valence-electron chi connectivity index (χ3n) is 4.90. The Bertz CT molecular complexity index is 254. The van der Waals surface area contributed by atoms with E-state index in [-0.39, 0.29) is 0 Å². The van der Waals surface area contributed by atoms with Crippen molar-refractivity contribution in [3.8, 4) is 0 Å². The Morgan fingerprint density at radius 3 is 2.00 bits per heavy atom. The van der Waals surface area contributed by atoms with Crippen LogP contribution in [0.2, 0.25) is 0 Å². The highest BCUT2D eigenvalue weighted by molar-refractivity contribution is 4.83. The first-order chi connectivity index (χ1) is 9.81. The van der Waals surface area contributed by atoms with Crippen LogP contribution in [-0.2, 0) is 4.74 Å². The van der Waals surface area contributed by atoms with Crippen molar-refractivity contribution in [1.82, 2.24) is 14.7 Å². The van der Waals surface area contributed by atoms with Crippen molar-refractivity contribution in [3.05, 3.63) is 0 Å². The summed E-state index contributed by atoms with van der Waals surface area (Å²) in [6.07, 6.45) is 2.79. The van der Waals surface area contributed by atoms with Gasteiger partial charge in [0.25, 0.3) is 0 Å². The molecule has 0 bridgehead atoms. The standard InChI is InChI=1S/C14H27N3O.C2H6/c1-15-4-2-13(3-5-15)10-16-6-8-17(9-7-16)14-11-18-12-14;1-2/h13-14H,2-12H2,1H3;1-2H3. The van der Waals surface area contributed by atoms with E-state index in [4.69, 9.17) is 4.74 Å². The molecule has 4 nitrogen and oxygen atoms in total. The summed E-state index contributed by atoms with van der Waals surface area (Å²) in [6.45, 7) is 14.9. The van der Waals surface area contributed by atoms with Crippen LogP contribution in [0.5, 0.6) is 0 Å². The highest BCUT2D eigenvalue weighted by Crippen LogP contribution is 2.19. The quantitative estimate of drug-likeness (QED) is 0.779. The van der Waals surface area contributed by atoms with E-state index in [1.807, 2.05) is 13.8 Å². The lowest BCUT2D eigenvalue weighted by atomic mass is 9.96. The maximum Gasteiger partial charge on any atom is 0.0645 e. The van der Waals surface area contributed by atoms with Gasteiger partial charge in [-0.15, -0.1) is 0 Å². The zero-order valence-electron chi connectivity index (χ0n) is 13.7. The summed E-state index contributed by atoms with van der Waals surface area (Å²) in [6, 6.07) is 0.732. The van der Waals surface area contributed by atoms with E-state index in [1.54, 1.807) is 0 Å². The molecule has 0 spiro atoms. The van der Waals surface area contributed by atoms with Gasteiger partial charge in [0.2, 0.25) is 0 Å². The molecule has 3 fully saturated rings. The minimum absolute atomic E-state index is 0.732. The molecule has 4 heteroatoms. The molecule has 0 unspecified atom stereocenters. The van der Waals surface area contributed by atoms with Crippen molar-refractivity contribution in [2.45, 2.75) is 32.7 Å². The van der Waals surface area contributed by atoms with Crippen molar-refractivity contribution in [3.63, 3.8) is 0 Å². The van der Waals surface area contributed by atoms with Gasteiger partial charge in [0.1, 0.15) is 0 Å². The van der Waals surface area contributed by atoms with Crippen molar-refractivity contribution < 1.29 is 4.74 Å². The molecule has 0 N–H and O–H groups in total. The summed E-state index contributed by atoms with van der Waals surface area (Å²) in [5, 5.41) is 0. The Balaban J connectivity index is 0.000000704. The van der Waals surface area contributed by atoms with E-state index in [0.717, 1.165) is 25.2 Å². The van der Waals surface area contributed by atoms with Gasteiger partial charge >= 0.3 is 0 Å². The van der Waals surface area contributed by atoms with Crippen LogP contribution in [0.15, 0.2) is 0 Å². The van der Waals surface area contributed by atoms with E-state index in [0.29, 0.717) is 0 Å². The third kappa shape index (κ3) is 4.42. The molecule has 3 saturated heterocycles. The van der Waals surface area contributed by atoms with Gasteiger partial charge in [0.05, 0.1) is 19.3 Å². The molecule has 0 aliphatic carbocycles. The Labute approximate surface area is 125 Å². The highest BCUT2D eigenvalue weighted by atomic mass is 16.5. The molecule has 3 heterocycles. The number of hydrogen-bond acceptors (Lipinski definition) is 4. The summed E-state index contributed by atoms with van der Waals surface area (Å²) >= 11 is 0. The van der Waals surface area contributed by atoms with Crippen molar-refractivity contribution in [1.29, 1.82) is 0 Å². The number of likely N-dealkylation sites (tertiary alicyclic amines) is 1. The molecule has 20 heavy (non-hydrogen) atoms. The van der Waals surface area contributed by atoms with Gasteiger partial charge in [-0.3, -0.25) is 4.90 Å². The lowest BCUT2D eigenvalue weighted by molar-refractivity contribution is -0.0779. The largest absolute Gasteiger partial charge is 0.378 e. The minimum Gasteiger partial charge on any atom is -0.378 e. The van der Waals surface area contributed by atoms with E-state index in [9.17, 15) is 0 Å². The van der Waals surface area contributed by atoms with E-state index in [1.165, 1.54) is 58.7 Å². The highest BCUT2D eigenvalue weighted by Gasteiger charge is 2.29. The van der Waals surface area contributed by atoms with Gasteiger partial charge < -0.3 is 14.5 Å². The van der Waals surface area contributed by atoms with E-state index < -0.39 is 0 Å². The zero-order chi connectivity index (χ0) is 14.4. The van der Waals surface area contributed by atoms with Crippen molar-refractivity contribution in [2.75, 3.05) is 66.1 Å². The molecule has 0 saturated carbocycles. The Morgan fingerprint density at radius 2 is 1.50 bits per heavy atom. The molecule has 0 amide bonds. The average Bonchev–Trinajstić information content (AvgIpc) is 2.44. The molecule has 0 aromatic rings. The average molecular weight is 283 g/mol.